The first kappa shape index (κ1) is 14.6. The molecule has 0 spiro atoms. The number of anilines is 1. The average Bonchev–Trinajstić information content (AvgIpc) is 2.79. The molecule has 2 rings (SSSR count). The molecule has 0 saturated heterocycles. The van der Waals surface area contributed by atoms with Gasteiger partial charge in [-0.25, -0.2) is 4.79 Å². The van der Waals surface area contributed by atoms with Crippen LogP contribution in [0.15, 0.2) is 34.7 Å². The Morgan fingerprint density at radius 1 is 1.29 bits per heavy atom. The Bertz CT molecular complexity index is 657. The lowest BCUT2D eigenvalue weighted by atomic mass is 10.2. The molecule has 2 N–H and O–H groups in total. The van der Waals surface area contributed by atoms with E-state index in [4.69, 9.17) is 14.3 Å². The summed E-state index contributed by atoms with van der Waals surface area (Å²) in [5, 5.41) is 11.5. The average molecular weight is 289 g/mol. The van der Waals surface area contributed by atoms with E-state index in [0.29, 0.717) is 22.8 Å². The number of aromatic carboxylic acids is 1. The maximum atomic E-state index is 10.9. The number of furan rings is 1. The first-order chi connectivity index (χ1) is 9.95. The molecular formula is C15H15NO5. The van der Waals surface area contributed by atoms with Crippen molar-refractivity contribution in [1.82, 2.24) is 0 Å². The third-order valence-electron chi connectivity index (χ3n) is 2.80. The van der Waals surface area contributed by atoms with Crippen molar-refractivity contribution < 1.29 is 23.8 Å². The molecule has 1 aromatic carbocycles. The van der Waals surface area contributed by atoms with E-state index in [1.165, 1.54) is 13.0 Å². The molecule has 2 aromatic rings. The van der Waals surface area contributed by atoms with Gasteiger partial charge in [0.05, 0.1) is 0 Å². The SMILES string of the molecule is CC(=O)Nc1ccc(OCc2cc(C(=O)O)oc2C)cc1. The summed E-state index contributed by atoms with van der Waals surface area (Å²) in [5.74, 6) is -0.223. The van der Waals surface area contributed by atoms with Gasteiger partial charge in [-0.15, -0.1) is 0 Å². The van der Waals surface area contributed by atoms with E-state index in [2.05, 4.69) is 5.32 Å². The Morgan fingerprint density at radius 2 is 1.95 bits per heavy atom. The summed E-state index contributed by atoms with van der Waals surface area (Å²) < 4.78 is 10.7. The summed E-state index contributed by atoms with van der Waals surface area (Å²) in [4.78, 5) is 21.7. The van der Waals surface area contributed by atoms with Gasteiger partial charge in [-0.1, -0.05) is 0 Å². The second kappa shape index (κ2) is 6.13. The quantitative estimate of drug-likeness (QED) is 0.883. The second-order valence-electron chi connectivity index (χ2n) is 4.49. The Morgan fingerprint density at radius 3 is 2.48 bits per heavy atom. The van der Waals surface area contributed by atoms with Crippen LogP contribution >= 0.6 is 0 Å². The second-order valence-corrected chi connectivity index (χ2v) is 4.49. The van der Waals surface area contributed by atoms with Crippen LogP contribution in [0.25, 0.3) is 0 Å². The number of rotatable bonds is 5. The Balaban J connectivity index is 1.99. The number of ether oxygens (including phenoxy) is 1. The summed E-state index contributed by atoms with van der Waals surface area (Å²) >= 11 is 0. The number of hydrogen-bond donors (Lipinski definition) is 2. The number of carbonyl (C=O) groups is 2. The van der Waals surface area contributed by atoms with Crippen molar-refractivity contribution in [2.45, 2.75) is 20.5 Å². The van der Waals surface area contributed by atoms with Crippen molar-refractivity contribution in [2.75, 3.05) is 5.32 Å². The van der Waals surface area contributed by atoms with Crippen molar-refractivity contribution in [3.63, 3.8) is 0 Å². The number of aryl methyl sites for hydroxylation is 1. The largest absolute Gasteiger partial charge is 0.489 e. The summed E-state index contributed by atoms with van der Waals surface area (Å²) in [7, 11) is 0. The molecule has 1 aromatic heterocycles. The van der Waals surface area contributed by atoms with Crippen LogP contribution in [0.4, 0.5) is 5.69 Å². The molecule has 0 atom stereocenters. The van der Waals surface area contributed by atoms with E-state index >= 15 is 0 Å². The van der Waals surface area contributed by atoms with Crippen molar-refractivity contribution in [3.05, 3.63) is 47.4 Å². The van der Waals surface area contributed by atoms with Crippen LogP contribution in [0.3, 0.4) is 0 Å². The fraction of sp³-hybridized carbons (Fsp3) is 0.200. The molecule has 0 bridgehead atoms. The first-order valence-electron chi connectivity index (χ1n) is 6.29. The number of amides is 1. The minimum Gasteiger partial charge on any atom is -0.489 e. The molecule has 110 valence electrons. The van der Waals surface area contributed by atoms with E-state index in [0.717, 1.165) is 0 Å². The zero-order chi connectivity index (χ0) is 15.4. The van der Waals surface area contributed by atoms with Gasteiger partial charge in [-0.05, 0) is 37.3 Å². The molecule has 0 fully saturated rings. The number of benzene rings is 1. The highest BCUT2D eigenvalue weighted by Gasteiger charge is 2.13. The maximum Gasteiger partial charge on any atom is 0.371 e. The highest BCUT2D eigenvalue weighted by atomic mass is 16.5. The van der Waals surface area contributed by atoms with Crippen LogP contribution in [0, 0.1) is 6.92 Å². The number of hydrogen-bond acceptors (Lipinski definition) is 4. The standard InChI is InChI=1S/C15H15NO5/c1-9-11(7-14(21-9)15(18)19)8-20-13-5-3-12(4-6-13)16-10(2)17/h3-7H,8H2,1-2H3,(H,16,17)(H,18,19). The van der Waals surface area contributed by atoms with Crippen LogP contribution < -0.4 is 10.1 Å². The molecule has 21 heavy (non-hydrogen) atoms. The summed E-state index contributed by atoms with van der Waals surface area (Å²) in [6.07, 6.45) is 0. The molecule has 6 nitrogen and oxygen atoms in total. The minimum atomic E-state index is -1.11. The van der Waals surface area contributed by atoms with Crippen LogP contribution in [-0.2, 0) is 11.4 Å². The number of nitrogens with one attached hydrogen (secondary N) is 1. The molecular weight excluding hydrogens is 274 g/mol. The van der Waals surface area contributed by atoms with E-state index < -0.39 is 5.97 Å². The summed E-state index contributed by atoms with van der Waals surface area (Å²) in [5.41, 5.74) is 1.36. The highest BCUT2D eigenvalue weighted by molar-refractivity contribution is 5.88. The van der Waals surface area contributed by atoms with Crippen molar-refractivity contribution in [3.8, 4) is 5.75 Å². The van der Waals surface area contributed by atoms with Crippen LogP contribution in [0.1, 0.15) is 28.8 Å². The van der Waals surface area contributed by atoms with Gasteiger partial charge in [0, 0.05) is 18.2 Å². The fourth-order valence-electron chi connectivity index (χ4n) is 1.77. The molecule has 1 heterocycles. The Hall–Kier alpha value is -2.76. The van der Waals surface area contributed by atoms with E-state index in [1.807, 2.05) is 0 Å². The highest BCUT2D eigenvalue weighted by Crippen LogP contribution is 2.20. The third-order valence-corrected chi connectivity index (χ3v) is 2.80. The lowest BCUT2D eigenvalue weighted by molar-refractivity contribution is -0.114. The summed E-state index contributed by atoms with van der Waals surface area (Å²) in [6, 6.07) is 8.34. The van der Waals surface area contributed by atoms with Crippen molar-refractivity contribution in [1.29, 1.82) is 0 Å². The van der Waals surface area contributed by atoms with Crippen LogP contribution in [-0.4, -0.2) is 17.0 Å². The number of carboxylic acids is 1. The smallest absolute Gasteiger partial charge is 0.371 e. The predicted octanol–water partition coefficient (Wildman–Crippen LogP) is 2.82. The maximum absolute atomic E-state index is 10.9. The van der Waals surface area contributed by atoms with Gasteiger partial charge in [0.1, 0.15) is 18.1 Å². The minimum absolute atomic E-state index is 0.105. The molecule has 0 aliphatic carbocycles. The number of carboxylic acid groups (broad SMARTS) is 1. The van der Waals surface area contributed by atoms with Crippen molar-refractivity contribution in [2.24, 2.45) is 0 Å². The zero-order valence-electron chi connectivity index (χ0n) is 11.7. The molecule has 0 aliphatic rings. The Kier molecular flexibility index (Phi) is 4.27. The fourth-order valence-corrected chi connectivity index (χ4v) is 1.77. The number of carbonyl (C=O) groups excluding carboxylic acids is 1. The van der Waals surface area contributed by atoms with Crippen molar-refractivity contribution >= 4 is 17.6 Å². The predicted molar refractivity (Wildman–Crippen MR) is 75.5 cm³/mol. The van der Waals surface area contributed by atoms with Gasteiger partial charge in [0.15, 0.2) is 0 Å². The van der Waals surface area contributed by atoms with E-state index in [1.54, 1.807) is 31.2 Å². The van der Waals surface area contributed by atoms with Gasteiger partial charge in [-0.2, -0.15) is 0 Å². The van der Waals surface area contributed by atoms with Gasteiger partial charge in [0.2, 0.25) is 11.7 Å². The molecule has 0 unspecified atom stereocenters. The lowest BCUT2D eigenvalue weighted by Gasteiger charge is -2.07. The van der Waals surface area contributed by atoms with Gasteiger partial charge < -0.3 is 19.6 Å². The van der Waals surface area contributed by atoms with E-state index in [-0.39, 0.29) is 18.3 Å². The third kappa shape index (κ3) is 3.85. The molecule has 0 aliphatic heterocycles. The monoisotopic (exact) mass is 289 g/mol. The molecule has 0 saturated carbocycles. The molecule has 1 amide bonds. The molecule has 0 radical (unpaired) electrons. The lowest BCUT2D eigenvalue weighted by Crippen LogP contribution is -2.05. The summed E-state index contributed by atoms with van der Waals surface area (Å²) in [6.45, 7) is 3.33. The van der Waals surface area contributed by atoms with Gasteiger partial charge in [-0.3, -0.25) is 4.79 Å². The van der Waals surface area contributed by atoms with Crippen LogP contribution in [0.5, 0.6) is 5.75 Å². The Labute approximate surface area is 121 Å². The molecule has 6 heteroatoms. The normalized spacial score (nSPS) is 10.2. The zero-order valence-corrected chi connectivity index (χ0v) is 11.7. The topological polar surface area (TPSA) is 88.8 Å². The first-order valence-corrected chi connectivity index (χ1v) is 6.29. The van der Waals surface area contributed by atoms with E-state index in [9.17, 15) is 9.59 Å². The van der Waals surface area contributed by atoms with Crippen LogP contribution in [0.2, 0.25) is 0 Å². The van der Waals surface area contributed by atoms with Gasteiger partial charge in [0.25, 0.3) is 0 Å². The van der Waals surface area contributed by atoms with Gasteiger partial charge >= 0.3 is 5.97 Å².